The quantitative estimate of drug-likeness (QED) is 0.0459. The van der Waals surface area contributed by atoms with Gasteiger partial charge >= 0.3 is 11.9 Å². The van der Waals surface area contributed by atoms with Crippen LogP contribution in [0.5, 0.6) is 11.5 Å². The number of H-pyrrole nitrogens is 1. The molecule has 21 heteroatoms. The van der Waals surface area contributed by atoms with Gasteiger partial charge in [-0.25, -0.2) is 4.79 Å². The summed E-state index contributed by atoms with van der Waals surface area (Å²) in [5, 5.41) is 24.0. The molecular weight excluding hydrogens is 836 g/mol. The van der Waals surface area contributed by atoms with Gasteiger partial charge in [0.25, 0.3) is 23.5 Å². The number of benzene rings is 4. The van der Waals surface area contributed by atoms with Crippen LogP contribution < -0.4 is 20.7 Å². The normalized spacial score (nSPS) is 17.8. The molecule has 0 radical (unpaired) electrons. The molecule has 0 aliphatic carbocycles. The van der Waals surface area contributed by atoms with E-state index in [1.54, 1.807) is 48.5 Å². The van der Waals surface area contributed by atoms with Crippen molar-refractivity contribution in [1.82, 2.24) is 9.55 Å². The van der Waals surface area contributed by atoms with E-state index in [1.807, 2.05) is 30.3 Å². The first kappa shape index (κ1) is 43.8. The molecule has 0 saturated carbocycles. The second kappa shape index (κ2) is 17.4. The minimum absolute atomic E-state index is 0.0363. The zero-order valence-corrected chi connectivity index (χ0v) is 33.8. The summed E-state index contributed by atoms with van der Waals surface area (Å²) in [5.74, 6) is 1.11. The number of aryl methyl sites for hydroxylation is 1. The van der Waals surface area contributed by atoms with Gasteiger partial charge in [-0.1, -0.05) is 54.6 Å². The Kier molecular flexibility index (Phi) is 12.7. The highest BCUT2D eigenvalue weighted by Gasteiger charge is 2.46. The van der Waals surface area contributed by atoms with Gasteiger partial charge in [0.2, 0.25) is 0 Å². The molecule has 0 amide bonds. The summed E-state index contributed by atoms with van der Waals surface area (Å²) in [6, 6.07) is 23.5. The lowest BCUT2D eigenvalue weighted by molar-refractivity contribution is -0.400. The van der Waals surface area contributed by atoms with Crippen LogP contribution >= 0.6 is 18.0 Å². The highest BCUT2D eigenvalue weighted by atomic mass is 32.7. The van der Waals surface area contributed by atoms with Crippen LogP contribution in [0.3, 0.4) is 0 Å². The summed E-state index contributed by atoms with van der Waals surface area (Å²) in [6.45, 7) is -2.29. The number of hydrogen-bond donors (Lipinski definition) is 1. The highest BCUT2D eigenvalue weighted by Crippen LogP contribution is 2.65. The first-order chi connectivity index (χ1) is 28.4. The summed E-state index contributed by atoms with van der Waals surface area (Å²) in [4.78, 5) is 48.1. The largest absolute Gasteiger partial charge is 0.497 e. The SMILES string of the molecule is COc1ccc(C(OC[C@H]2O[C@@H](n3cc(C)c(=O)[nH]c3=O)C[C@@H]2OP(C)(=O)Sc2c([N+](=O)[O-])cc(C(F)(F)F)cc2[N+](=O)[O-])(c2ccccc2)c2ccc(OC)cc2)cc1. The number of hydrogen-bond acceptors (Lipinski definition) is 13. The molecule has 60 heavy (non-hydrogen) atoms. The van der Waals surface area contributed by atoms with Crippen LogP contribution in [-0.4, -0.2) is 59.1 Å². The molecule has 4 aromatic carbocycles. The van der Waals surface area contributed by atoms with Crippen molar-refractivity contribution >= 4 is 29.3 Å². The minimum atomic E-state index is -5.18. The minimum Gasteiger partial charge on any atom is -0.497 e. The first-order valence-corrected chi connectivity index (χ1v) is 21.3. The van der Waals surface area contributed by atoms with Crippen LogP contribution in [0.4, 0.5) is 24.5 Å². The molecule has 0 bridgehead atoms. The van der Waals surface area contributed by atoms with Crippen LogP contribution in [0.1, 0.15) is 40.5 Å². The van der Waals surface area contributed by atoms with E-state index < -0.39 is 79.7 Å². The standard InChI is InChI=1S/C39H36F3N4O12PS/c1-23-21-44(37(48)43-36(23)47)34-20-32(58-59(4,53)60-35-30(45(49)50)18-27(39(40,41)42)19-31(35)46(51)52)33(57-34)22-56-38(24-8-6-5-7-9-24,25-10-14-28(54-2)15-11-25)26-12-16-29(55-3)17-13-26/h5-19,21,32-34H,20,22H2,1-4H3,(H,43,47,48)/t32-,33+,34+,59?/m0/s1. The number of aromatic amines is 1. The second-order valence-electron chi connectivity index (χ2n) is 13.5. The van der Waals surface area contributed by atoms with E-state index in [9.17, 15) is 47.6 Å². The Bertz CT molecular complexity index is 2470. The predicted molar refractivity (Wildman–Crippen MR) is 212 cm³/mol. The molecular formula is C39H36F3N4O12PS. The Morgan fingerprint density at radius 3 is 1.87 bits per heavy atom. The third-order valence-corrected chi connectivity index (χ3v) is 13.0. The second-order valence-corrected chi connectivity index (χ2v) is 18.4. The van der Waals surface area contributed by atoms with Gasteiger partial charge in [-0.15, -0.1) is 0 Å². The fourth-order valence-corrected chi connectivity index (χ4v) is 10.3. The van der Waals surface area contributed by atoms with E-state index >= 15 is 0 Å². The van der Waals surface area contributed by atoms with Crippen LogP contribution in [0.15, 0.2) is 112 Å². The zero-order chi connectivity index (χ0) is 43.6. The smallest absolute Gasteiger partial charge is 0.416 e. The average molecular weight is 873 g/mol. The van der Waals surface area contributed by atoms with Gasteiger partial charge in [0.15, 0.2) is 4.90 Å². The molecule has 1 saturated heterocycles. The van der Waals surface area contributed by atoms with Crippen LogP contribution in [-0.2, 0) is 30.3 Å². The van der Waals surface area contributed by atoms with E-state index in [2.05, 4.69) is 4.98 Å². The molecule has 1 aliphatic rings. The molecule has 0 spiro atoms. The van der Waals surface area contributed by atoms with Crippen molar-refractivity contribution in [2.24, 2.45) is 0 Å². The molecule has 5 aromatic rings. The zero-order valence-electron chi connectivity index (χ0n) is 32.1. The molecule has 16 nitrogen and oxygen atoms in total. The lowest BCUT2D eigenvalue weighted by Gasteiger charge is -2.37. The van der Waals surface area contributed by atoms with Crippen LogP contribution in [0.2, 0.25) is 0 Å². The van der Waals surface area contributed by atoms with Crippen molar-refractivity contribution in [3.63, 3.8) is 0 Å². The van der Waals surface area contributed by atoms with Crippen molar-refractivity contribution in [1.29, 1.82) is 0 Å². The van der Waals surface area contributed by atoms with Crippen molar-refractivity contribution in [2.45, 2.75) is 48.5 Å². The molecule has 1 unspecified atom stereocenters. The van der Waals surface area contributed by atoms with E-state index in [4.69, 9.17) is 23.5 Å². The number of ether oxygens (including phenoxy) is 4. The fraction of sp³-hybridized carbons (Fsp3) is 0.282. The number of alkyl halides is 3. The molecule has 1 aromatic heterocycles. The average Bonchev–Trinajstić information content (AvgIpc) is 3.60. The monoisotopic (exact) mass is 872 g/mol. The predicted octanol–water partition coefficient (Wildman–Crippen LogP) is 7.99. The summed E-state index contributed by atoms with van der Waals surface area (Å²) >= 11 is 0.0363. The van der Waals surface area contributed by atoms with Gasteiger partial charge in [0.1, 0.15) is 29.4 Å². The van der Waals surface area contributed by atoms with Gasteiger partial charge < -0.3 is 23.5 Å². The Morgan fingerprint density at radius 2 is 1.38 bits per heavy atom. The molecule has 1 N–H and O–H groups in total. The summed E-state index contributed by atoms with van der Waals surface area (Å²) in [7, 11) is 3.03. The topological polar surface area (TPSA) is 204 Å². The van der Waals surface area contributed by atoms with Crippen LogP contribution in [0.25, 0.3) is 0 Å². The molecule has 6 rings (SSSR count). The van der Waals surface area contributed by atoms with Crippen molar-refractivity contribution in [2.75, 3.05) is 27.5 Å². The number of nitrogens with one attached hydrogen (secondary N) is 1. The van der Waals surface area contributed by atoms with E-state index in [1.165, 1.54) is 27.3 Å². The van der Waals surface area contributed by atoms with Gasteiger partial charge in [0.05, 0.1) is 42.3 Å². The third-order valence-electron chi connectivity index (χ3n) is 9.63. The maximum Gasteiger partial charge on any atom is 0.416 e. The van der Waals surface area contributed by atoms with E-state index in [-0.39, 0.29) is 42.1 Å². The maximum atomic E-state index is 14.3. The molecule has 1 fully saturated rings. The molecule has 4 atom stereocenters. The lowest BCUT2D eigenvalue weighted by atomic mass is 9.80. The lowest BCUT2D eigenvalue weighted by Crippen LogP contribution is -2.38. The maximum absolute atomic E-state index is 14.3. The number of nitrogens with zero attached hydrogens (tertiary/aromatic N) is 3. The van der Waals surface area contributed by atoms with E-state index in [0.717, 1.165) is 11.2 Å². The number of rotatable bonds is 15. The van der Waals surface area contributed by atoms with Crippen molar-refractivity contribution < 1.29 is 51.1 Å². The molecule has 2 heterocycles. The Balaban J connectivity index is 1.44. The number of halogens is 3. The first-order valence-electron chi connectivity index (χ1n) is 17.8. The summed E-state index contributed by atoms with van der Waals surface area (Å²) < 4.78 is 86.6. The summed E-state index contributed by atoms with van der Waals surface area (Å²) in [5.41, 5.74) is -5.14. The Hall–Kier alpha value is -5.79. The Morgan fingerprint density at radius 1 is 0.867 bits per heavy atom. The number of methoxy groups -OCH3 is 2. The number of nitro groups is 2. The third kappa shape index (κ3) is 9.17. The van der Waals surface area contributed by atoms with Crippen molar-refractivity contribution in [3.8, 4) is 11.5 Å². The van der Waals surface area contributed by atoms with Crippen molar-refractivity contribution in [3.05, 3.63) is 166 Å². The fourth-order valence-electron chi connectivity index (χ4n) is 6.77. The van der Waals surface area contributed by atoms with E-state index in [0.29, 0.717) is 28.2 Å². The summed E-state index contributed by atoms with van der Waals surface area (Å²) in [6.07, 6.45) is -7.84. The van der Waals surface area contributed by atoms with Gasteiger partial charge in [0, 0.05) is 37.0 Å². The number of aromatic nitrogens is 2. The van der Waals surface area contributed by atoms with Crippen LogP contribution in [0, 0.1) is 27.2 Å². The molecule has 1 aliphatic heterocycles. The van der Waals surface area contributed by atoms with Gasteiger partial charge in [-0.05, 0) is 59.3 Å². The number of nitro benzene ring substituents is 2. The van der Waals surface area contributed by atoms with Gasteiger partial charge in [-0.2, -0.15) is 13.2 Å². The highest BCUT2D eigenvalue weighted by molar-refractivity contribution is 8.56. The van der Waals surface area contributed by atoms with Gasteiger partial charge in [-0.3, -0.25) is 39.1 Å². The Labute approximate surface area is 342 Å². The molecule has 316 valence electrons.